The van der Waals surface area contributed by atoms with Gasteiger partial charge in [-0.3, -0.25) is 0 Å². The van der Waals surface area contributed by atoms with Crippen LogP contribution in [0.4, 0.5) is 0 Å². The van der Waals surface area contributed by atoms with E-state index in [9.17, 15) is 0 Å². The molecule has 0 fully saturated rings. The summed E-state index contributed by atoms with van der Waals surface area (Å²) in [5.41, 5.74) is 6.44. The van der Waals surface area contributed by atoms with Crippen LogP contribution in [0.2, 0.25) is 0 Å². The Morgan fingerprint density at radius 2 is 2.00 bits per heavy atom. The molecule has 0 saturated carbocycles. The number of hydrogen-bond donors (Lipinski definition) is 0. The second-order valence-electron chi connectivity index (χ2n) is 1.10. The van der Waals surface area contributed by atoms with E-state index in [4.69, 9.17) is 0 Å². The zero-order chi connectivity index (χ0) is 5.98. The van der Waals surface area contributed by atoms with Gasteiger partial charge in [0, 0.05) is 25.6 Å². The third kappa shape index (κ3) is 4.64. The van der Waals surface area contributed by atoms with E-state index < -0.39 is 0 Å². The molecular formula is C4HBr2ClN2Zn-. The van der Waals surface area contributed by atoms with Gasteiger partial charge < -0.3 is 12.4 Å². The van der Waals surface area contributed by atoms with Crippen LogP contribution in [0.1, 0.15) is 0 Å². The third-order valence-electron chi connectivity index (χ3n) is 0.544. The fourth-order valence-corrected chi connectivity index (χ4v) is 0.656. The Kier molecular flexibility index (Phi) is 8.83. The van der Waals surface area contributed by atoms with Crippen LogP contribution in [0, 0.1) is 0 Å². The van der Waals surface area contributed by atoms with E-state index in [2.05, 4.69) is 48.1 Å². The molecule has 2 nitrogen and oxygen atoms in total. The van der Waals surface area contributed by atoms with E-state index in [1.54, 1.807) is 6.08 Å². The number of halogens is 3. The van der Waals surface area contributed by atoms with Crippen molar-refractivity contribution in [1.29, 1.82) is 0 Å². The van der Waals surface area contributed by atoms with Crippen molar-refractivity contribution in [3.8, 4) is 0 Å². The first-order chi connectivity index (χ1) is 3.79. The minimum Gasteiger partial charge on any atom is -1.00 e. The first kappa shape index (κ1) is 13.5. The van der Waals surface area contributed by atoms with Gasteiger partial charge in [-0.15, -0.1) is 10.5 Å². The van der Waals surface area contributed by atoms with Crippen LogP contribution in [-0.2, 0) is 19.5 Å². The molecule has 1 heterocycles. The smallest absolute Gasteiger partial charge is 0.170 e. The maximum absolute atomic E-state index is 3.67. The molecule has 0 unspecified atom stereocenters. The molecule has 0 aromatic rings. The first-order valence-corrected chi connectivity index (χ1v) is 3.44. The van der Waals surface area contributed by atoms with Crippen molar-refractivity contribution in [2.24, 2.45) is 5.10 Å². The molecule has 6 heteroatoms. The number of rotatable bonds is 0. The van der Waals surface area contributed by atoms with Gasteiger partial charge in [-0.05, 0) is 31.9 Å². The zero-order valence-electron chi connectivity index (χ0n) is 4.81. The van der Waals surface area contributed by atoms with Gasteiger partial charge in [0.2, 0.25) is 0 Å². The molecule has 0 spiro atoms. The molecule has 0 aromatic carbocycles. The maximum Gasteiger partial charge on any atom is 0.170 e. The number of nitrogens with zero attached hydrogens (tertiary/aromatic N) is 2. The molecule has 1 radical (unpaired) electrons. The number of allylic oxidation sites excluding steroid dienone is 1. The molecule has 0 aliphatic carbocycles. The summed E-state index contributed by atoms with van der Waals surface area (Å²) in [4.78, 5) is 0. The van der Waals surface area contributed by atoms with Crippen molar-refractivity contribution >= 4 is 36.5 Å². The van der Waals surface area contributed by atoms with Crippen LogP contribution in [0.15, 0.2) is 21.5 Å². The predicted octanol–water partition coefficient (Wildman–Crippen LogP) is -1.29. The SMILES string of the molecule is BrC1=C=CC(Br)=N[N]1.[Cl-].[Zn]. The molecule has 0 amide bonds. The molecule has 1 aliphatic rings. The Hall–Kier alpha value is 0.863. The monoisotopic (exact) mass is 334 g/mol. The van der Waals surface area contributed by atoms with E-state index in [-0.39, 0.29) is 31.9 Å². The second-order valence-corrected chi connectivity index (χ2v) is 2.67. The topological polar surface area (TPSA) is 26.5 Å². The van der Waals surface area contributed by atoms with Crippen LogP contribution in [0.3, 0.4) is 0 Å². The Balaban J connectivity index is 0. The fraction of sp³-hybridized carbons (Fsp3) is 0. The summed E-state index contributed by atoms with van der Waals surface area (Å²) in [7, 11) is 0. The normalized spacial score (nSPS) is 13.4. The zero-order valence-corrected chi connectivity index (χ0v) is 11.7. The quantitative estimate of drug-likeness (QED) is 0.299. The largest absolute Gasteiger partial charge is 1.00 e. The summed E-state index contributed by atoms with van der Waals surface area (Å²) in [5.74, 6) is 0. The van der Waals surface area contributed by atoms with E-state index in [1.165, 1.54) is 0 Å². The van der Waals surface area contributed by atoms with Gasteiger partial charge in [0.25, 0.3) is 0 Å². The number of hydrogen-bond acceptors (Lipinski definition) is 1. The van der Waals surface area contributed by atoms with Gasteiger partial charge in [-0.25, -0.2) is 0 Å². The molecule has 0 N–H and O–H groups in total. The summed E-state index contributed by atoms with van der Waals surface area (Å²) in [5, 5.41) is 3.67. The molecule has 10 heavy (non-hydrogen) atoms. The van der Waals surface area contributed by atoms with Gasteiger partial charge in [0.15, 0.2) is 4.61 Å². The third-order valence-corrected chi connectivity index (χ3v) is 1.32. The van der Waals surface area contributed by atoms with Crippen molar-refractivity contribution in [3.63, 3.8) is 0 Å². The van der Waals surface area contributed by atoms with Crippen LogP contribution >= 0.6 is 31.9 Å². The fourth-order valence-electron chi connectivity index (χ4n) is 0.269. The Labute approximate surface area is 94.6 Å². The standard InChI is InChI=1S/C4HBr2N2.ClH.Zn/c5-3-1-2-4(6)8-7-3;;/h1H;1H;/p-1. The maximum atomic E-state index is 3.67. The average molecular weight is 338 g/mol. The van der Waals surface area contributed by atoms with Crippen LogP contribution < -0.4 is 17.8 Å². The molecule has 0 saturated heterocycles. The Morgan fingerprint density at radius 3 is 2.30 bits per heavy atom. The van der Waals surface area contributed by atoms with Crippen LogP contribution in [0.5, 0.6) is 0 Å². The molecule has 1 rings (SSSR count). The minimum atomic E-state index is 0. The molecular weight excluding hydrogens is 337 g/mol. The summed E-state index contributed by atoms with van der Waals surface area (Å²) >= 11 is 6.22. The van der Waals surface area contributed by atoms with E-state index in [1.807, 2.05) is 0 Å². The van der Waals surface area contributed by atoms with Crippen LogP contribution in [0.25, 0.3) is 0 Å². The van der Waals surface area contributed by atoms with Gasteiger partial charge in [0.1, 0.15) is 4.62 Å². The van der Waals surface area contributed by atoms with E-state index in [0.717, 1.165) is 0 Å². The second kappa shape index (κ2) is 6.57. The molecule has 0 atom stereocenters. The van der Waals surface area contributed by atoms with Crippen molar-refractivity contribution in [2.45, 2.75) is 0 Å². The van der Waals surface area contributed by atoms with Gasteiger partial charge >= 0.3 is 0 Å². The van der Waals surface area contributed by atoms with Crippen molar-refractivity contribution < 1.29 is 31.9 Å². The summed E-state index contributed by atoms with van der Waals surface area (Å²) in [6.07, 6.45) is 1.69. The molecule has 1 aliphatic heterocycles. The Morgan fingerprint density at radius 1 is 1.40 bits per heavy atom. The molecule has 0 bridgehead atoms. The molecule has 51 valence electrons. The van der Waals surface area contributed by atoms with Crippen LogP contribution in [-0.4, -0.2) is 4.62 Å². The van der Waals surface area contributed by atoms with Gasteiger partial charge in [0.05, 0.1) is 0 Å². The minimum absolute atomic E-state index is 0. The summed E-state index contributed by atoms with van der Waals surface area (Å²) in [6, 6.07) is 0. The van der Waals surface area contributed by atoms with E-state index >= 15 is 0 Å². The van der Waals surface area contributed by atoms with Gasteiger partial charge in [-0.2, -0.15) is 0 Å². The van der Waals surface area contributed by atoms with Gasteiger partial charge in [-0.1, -0.05) is 5.73 Å². The Bertz CT molecular complexity index is 197. The van der Waals surface area contributed by atoms with Crippen molar-refractivity contribution in [1.82, 2.24) is 5.43 Å². The first-order valence-electron chi connectivity index (χ1n) is 1.85. The van der Waals surface area contributed by atoms with E-state index in [0.29, 0.717) is 9.23 Å². The molecule has 0 aromatic heterocycles. The van der Waals surface area contributed by atoms with Crippen molar-refractivity contribution in [3.05, 3.63) is 16.4 Å². The van der Waals surface area contributed by atoms with Crippen molar-refractivity contribution in [2.75, 3.05) is 0 Å². The predicted molar refractivity (Wildman–Crippen MR) is 39.0 cm³/mol. The summed E-state index contributed by atoms with van der Waals surface area (Å²) < 4.78 is 1.32. The summed E-state index contributed by atoms with van der Waals surface area (Å²) in [6.45, 7) is 0. The average Bonchev–Trinajstić information content (AvgIpc) is 1.77.